The molecule has 18 heavy (non-hydrogen) atoms. The van der Waals surface area contributed by atoms with Gasteiger partial charge in [0.1, 0.15) is 5.82 Å². The first kappa shape index (κ1) is 10.8. The average molecular weight is 239 g/mol. The summed E-state index contributed by atoms with van der Waals surface area (Å²) in [5.41, 5.74) is 2.56. The number of carbonyl (C=O) groups excluding carboxylic acids is 1. The van der Waals surface area contributed by atoms with E-state index in [1.807, 2.05) is 36.4 Å². The molecule has 0 atom stereocenters. The van der Waals surface area contributed by atoms with Crippen molar-refractivity contribution in [1.82, 2.24) is 10.3 Å². The Labute approximate surface area is 105 Å². The largest absolute Gasteiger partial charge is 0.368 e. The summed E-state index contributed by atoms with van der Waals surface area (Å²) in [6.45, 7) is 1.31. The molecule has 1 aliphatic heterocycles. The van der Waals surface area contributed by atoms with Crippen molar-refractivity contribution in [3.05, 3.63) is 48.2 Å². The van der Waals surface area contributed by atoms with E-state index in [4.69, 9.17) is 0 Å². The van der Waals surface area contributed by atoms with Crippen molar-refractivity contribution in [2.45, 2.75) is 0 Å². The number of aromatic nitrogens is 1. The van der Waals surface area contributed by atoms with Gasteiger partial charge in [-0.1, -0.05) is 30.3 Å². The highest BCUT2D eigenvalue weighted by molar-refractivity contribution is 6.05. The molecule has 1 amide bonds. The summed E-state index contributed by atoms with van der Waals surface area (Å²) in [6.07, 6.45) is 1.73. The molecule has 4 nitrogen and oxygen atoms in total. The molecule has 0 aliphatic carbocycles. The fraction of sp³-hybridized carbons (Fsp3) is 0.143. The van der Waals surface area contributed by atoms with Crippen molar-refractivity contribution in [1.29, 1.82) is 0 Å². The van der Waals surface area contributed by atoms with Crippen LogP contribution in [0.15, 0.2) is 42.6 Å². The maximum absolute atomic E-state index is 12.1. The van der Waals surface area contributed by atoms with Crippen molar-refractivity contribution in [2.75, 3.05) is 18.4 Å². The molecule has 1 aliphatic rings. The molecule has 2 N–H and O–H groups in total. The molecule has 1 aromatic heterocycles. The number of carbonyl (C=O) groups is 1. The minimum absolute atomic E-state index is 0.0676. The molecule has 3 rings (SSSR count). The number of hydrogen-bond acceptors (Lipinski definition) is 3. The maximum Gasteiger partial charge on any atom is 0.255 e. The van der Waals surface area contributed by atoms with E-state index in [1.165, 1.54) is 0 Å². The Balaban J connectivity index is 2.19. The standard InChI is InChI=1S/C14H13N3O/c18-14-12-11(10-4-2-1-3-5-10)6-7-15-13(12)16-8-9-17-14/h1-7H,8-9H2,(H,15,16)(H,17,18). The number of benzene rings is 1. The Hall–Kier alpha value is -2.36. The number of pyridine rings is 1. The lowest BCUT2D eigenvalue weighted by atomic mass is 10.0. The minimum atomic E-state index is -0.0676. The number of hydrogen-bond donors (Lipinski definition) is 2. The van der Waals surface area contributed by atoms with Gasteiger partial charge in [-0.2, -0.15) is 0 Å². The van der Waals surface area contributed by atoms with E-state index in [-0.39, 0.29) is 5.91 Å². The maximum atomic E-state index is 12.1. The Morgan fingerprint density at radius 2 is 1.78 bits per heavy atom. The lowest BCUT2D eigenvalue weighted by Crippen LogP contribution is -2.25. The Bertz CT molecular complexity index is 581. The van der Waals surface area contributed by atoms with E-state index >= 15 is 0 Å². The lowest BCUT2D eigenvalue weighted by Gasteiger charge is -2.10. The second kappa shape index (κ2) is 4.49. The summed E-state index contributed by atoms with van der Waals surface area (Å²) in [6, 6.07) is 11.7. The lowest BCUT2D eigenvalue weighted by molar-refractivity contribution is 0.0958. The second-order valence-corrected chi connectivity index (χ2v) is 4.13. The molecular formula is C14H13N3O. The monoisotopic (exact) mass is 239 g/mol. The summed E-state index contributed by atoms with van der Waals surface area (Å²) in [4.78, 5) is 16.4. The van der Waals surface area contributed by atoms with E-state index in [1.54, 1.807) is 6.20 Å². The number of anilines is 1. The van der Waals surface area contributed by atoms with Gasteiger partial charge in [-0.3, -0.25) is 4.79 Å². The van der Waals surface area contributed by atoms with Gasteiger partial charge in [0.25, 0.3) is 5.91 Å². The minimum Gasteiger partial charge on any atom is -0.368 e. The van der Waals surface area contributed by atoms with E-state index in [9.17, 15) is 4.79 Å². The predicted molar refractivity (Wildman–Crippen MR) is 70.5 cm³/mol. The fourth-order valence-electron chi connectivity index (χ4n) is 2.13. The summed E-state index contributed by atoms with van der Waals surface area (Å²) < 4.78 is 0. The van der Waals surface area contributed by atoms with Gasteiger partial charge < -0.3 is 10.6 Å². The van der Waals surface area contributed by atoms with Gasteiger partial charge in [-0.05, 0) is 17.2 Å². The predicted octanol–water partition coefficient (Wildman–Crippen LogP) is 1.90. The zero-order chi connectivity index (χ0) is 12.4. The number of nitrogens with one attached hydrogen (secondary N) is 2. The molecule has 90 valence electrons. The fourth-order valence-corrected chi connectivity index (χ4v) is 2.13. The highest BCUT2D eigenvalue weighted by atomic mass is 16.1. The van der Waals surface area contributed by atoms with Crippen LogP contribution in [0, 0.1) is 0 Å². The van der Waals surface area contributed by atoms with Crippen LogP contribution in [0.5, 0.6) is 0 Å². The first-order chi connectivity index (χ1) is 8.86. The zero-order valence-electron chi connectivity index (χ0n) is 9.81. The summed E-state index contributed by atoms with van der Waals surface area (Å²) in [5, 5.41) is 6.04. The summed E-state index contributed by atoms with van der Waals surface area (Å²) in [7, 11) is 0. The van der Waals surface area contributed by atoms with E-state index in [0.29, 0.717) is 24.5 Å². The molecule has 4 heteroatoms. The molecule has 0 saturated heterocycles. The van der Waals surface area contributed by atoms with E-state index in [2.05, 4.69) is 15.6 Å². The molecule has 0 bridgehead atoms. The average Bonchev–Trinajstić information content (AvgIpc) is 2.62. The molecule has 0 spiro atoms. The molecule has 2 aromatic rings. The van der Waals surface area contributed by atoms with Gasteiger partial charge in [0.05, 0.1) is 5.56 Å². The third-order valence-electron chi connectivity index (χ3n) is 2.97. The van der Waals surface area contributed by atoms with E-state index < -0.39 is 0 Å². The smallest absolute Gasteiger partial charge is 0.255 e. The topological polar surface area (TPSA) is 54.0 Å². The van der Waals surface area contributed by atoms with Gasteiger partial charge in [-0.15, -0.1) is 0 Å². The van der Waals surface area contributed by atoms with Crippen LogP contribution in [0.4, 0.5) is 5.82 Å². The molecular weight excluding hydrogens is 226 g/mol. The highest BCUT2D eigenvalue weighted by Gasteiger charge is 2.20. The molecule has 0 fully saturated rings. The Morgan fingerprint density at radius 1 is 1.00 bits per heavy atom. The summed E-state index contributed by atoms with van der Waals surface area (Å²) in [5.74, 6) is 0.591. The van der Waals surface area contributed by atoms with E-state index in [0.717, 1.165) is 11.1 Å². The van der Waals surface area contributed by atoms with Crippen LogP contribution in [0.25, 0.3) is 11.1 Å². The van der Waals surface area contributed by atoms with Crippen molar-refractivity contribution >= 4 is 11.7 Å². The van der Waals surface area contributed by atoms with Crippen LogP contribution >= 0.6 is 0 Å². The van der Waals surface area contributed by atoms with Crippen molar-refractivity contribution in [3.63, 3.8) is 0 Å². The normalized spacial score (nSPS) is 14.1. The SMILES string of the molecule is O=C1NCCNc2nccc(-c3ccccc3)c21. The molecule has 0 unspecified atom stereocenters. The van der Waals surface area contributed by atoms with Crippen LogP contribution in [0.2, 0.25) is 0 Å². The molecule has 0 saturated carbocycles. The molecule has 1 aromatic carbocycles. The van der Waals surface area contributed by atoms with Gasteiger partial charge in [0.15, 0.2) is 0 Å². The number of amides is 1. The highest BCUT2D eigenvalue weighted by Crippen LogP contribution is 2.28. The van der Waals surface area contributed by atoms with Crippen molar-refractivity contribution in [3.8, 4) is 11.1 Å². The van der Waals surface area contributed by atoms with Gasteiger partial charge in [0.2, 0.25) is 0 Å². The van der Waals surface area contributed by atoms with Crippen LogP contribution in [0.3, 0.4) is 0 Å². The third kappa shape index (κ3) is 1.82. The quantitative estimate of drug-likeness (QED) is 0.799. The van der Waals surface area contributed by atoms with Crippen LogP contribution in [-0.4, -0.2) is 24.0 Å². The molecule has 2 heterocycles. The second-order valence-electron chi connectivity index (χ2n) is 4.13. The number of rotatable bonds is 1. The summed E-state index contributed by atoms with van der Waals surface area (Å²) >= 11 is 0. The van der Waals surface area contributed by atoms with Crippen LogP contribution in [0.1, 0.15) is 10.4 Å². The van der Waals surface area contributed by atoms with Crippen molar-refractivity contribution in [2.24, 2.45) is 0 Å². The number of fused-ring (bicyclic) bond motifs is 1. The first-order valence-electron chi connectivity index (χ1n) is 5.93. The van der Waals surface area contributed by atoms with Crippen molar-refractivity contribution < 1.29 is 4.79 Å². The van der Waals surface area contributed by atoms with Gasteiger partial charge in [-0.25, -0.2) is 4.98 Å². The Morgan fingerprint density at radius 3 is 2.61 bits per heavy atom. The van der Waals surface area contributed by atoms with Crippen LogP contribution < -0.4 is 10.6 Å². The Kier molecular flexibility index (Phi) is 2.68. The zero-order valence-corrected chi connectivity index (χ0v) is 9.81. The number of nitrogens with zero attached hydrogens (tertiary/aromatic N) is 1. The third-order valence-corrected chi connectivity index (χ3v) is 2.97. The first-order valence-corrected chi connectivity index (χ1v) is 5.93. The van der Waals surface area contributed by atoms with Gasteiger partial charge in [0, 0.05) is 19.3 Å². The van der Waals surface area contributed by atoms with Crippen LogP contribution in [-0.2, 0) is 0 Å². The molecule has 0 radical (unpaired) electrons. The van der Waals surface area contributed by atoms with Gasteiger partial charge >= 0.3 is 0 Å².